The smallest absolute Gasteiger partial charge is 0.229 e. The van der Waals surface area contributed by atoms with Crippen LogP contribution >= 0.6 is 23.2 Å². The highest BCUT2D eigenvalue weighted by Gasteiger charge is 2.33. The number of rotatable bonds is 4. The van der Waals surface area contributed by atoms with Gasteiger partial charge in [-0.05, 0) is 29.8 Å². The third-order valence-corrected chi connectivity index (χ3v) is 6.22. The molecule has 0 fully saturated rings. The minimum absolute atomic E-state index is 0.103. The first-order chi connectivity index (χ1) is 16.0. The predicted octanol–water partition coefficient (Wildman–Crippen LogP) is 7.68. The standard InChI is InChI=1S/C27H24Cl2N2O3/c1-15(32)31(5)23-20-14-19(16-10-12-17(28)13-11-16)22(18-8-6-7-9-21(18)29)30-26(20)34-24(23)25(33)27(2,3)4/h6-14H,1-5H3. The van der Waals surface area contributed by atoms with Gasteiger partial charge in [0, 0.05) is 40.6 Å². The van der Waals surface area contributed by atoms with Crippen molar-refractivity contribution < 1.29 is 14.0 Å². The number of halogens is 2. The highest BCUT2D eigenvalue weighted by atomic mass is 35.5. The van der Waals surface area contributed by atoms with E-state index in [0.29, 0.717) is 26.8 Å². The number of benzene rings is 2. The minimum atomic E-state index is -0.717. The number of carbonyl (C=O) groups excluding carboxylic acids is 2. The molecule has 0 spiro atoms. The molecule has 174 valence electrons. The fraction of sp³-hybridized carbons (Fsp3) is 0.222. The molecule has 0 aliphatic heterocycles. The lowest BCUT2D eigenvalue weighted by Gasteiger charge is -2.19. The van der Waals surface area contributed by atoms with Crippen molar-refractivity contribution in [2.24, 2.45) is 5.41 Å². The highest BCUT2D eigenvalue weighted by Crippen LogP contribution is 2.42. The van der Waals surface area contributed by atoms with Crippen molar-refractivity contribution in [1.29, 1.82) is 0 Å². The summed E-state index contributed by atoms with van der Waals surface area (Å²) < 4.78 is 6.05. The van der Waals surface area contributed by atoms with Crippen molar-refractivity contribution in [3.8, 4) is 22.4 Å². The van der Waals surface area contributed by atoms with Crippen LogP contribution in [0.25, 0.3) is 33.5 Å². The second-order valence-electron chi connectivity index (χ2n) is 9.16. The van der Waals surface area contributed by atoms with Crippen molar-refractivity contribution in [3.63, 3.8) is 0 Å². The summed E-state index contributed by atoms with van der Waals surface area (Å²) in [7, 11) is 1.62. The quantitative estimate of drug-likeness (QED) is 0.273. The summed E-state index contributed by atoms with van der Waals surface area (Å²) >= 11 is 12.7. The number of ketones is 1. The van der Waals surface area contributed by atoms with Crippen LogP contribution in [0.4, 0.5) is 5.69 Å². The summed E-state index contributed by atoms with van der Waals surface area (Å²) in [6.07, 6.45) is 0. The van der Waals surface area contributed by atoms with Gasteiger partial charge < -0.3 is 9.32 Å². The van der Waals surface area contributed by atoms with Gasteiger partial charge in [0.1, 0.15) is 5.69 Å². The molecule has 0 unspecified atom stereocenters. The van der Waals surface area contributed by atoms with Gasteiger partial charge in [-0.1, -0.05) is 74.3 Å². The number of pyridine rings is 1. The summed E-state index contributed by atoms with van der Waals surface area (Å²) in [6, 6.07) is 16.7. The van der Waals surface area contributed by atoms with Gasteiger partial charge in [0.25, 0.3) is 0 Å². The molecular weight excluding hydrogens is 471 g/mol. The molecule has 5 nitrogen and oxygen atoms in total. The van der Waals surface area contributed by atoms with Gasteiger partial charge >= 0.3 is 0 Å². The Hall–Kier alpha value is -3.15. The molecule has 1 amide bonds. The summed E-state index contributed by atoms with van der Waals surface area (Å²) in [5.41, 5.74) is 2.88. The molecule has 0 radical (unpaired) electrons. The maximum absolute atomic E-state index is 13.3. The predicted molar refractivity (Wildman–Crippen MR) is 138 cm³/mol. The van der Waals surface area contributed by atoms with Crippen molar-refractivity contribution in [3.05, 3.63) is 70.4 Å². The lowest BCUT2D eigenvalue weighted by Crippen LogP contribution is -2.27. The van der Waals surface area contributed by atoms with E-state index in [2.05, 4.69) is 0 Å². The largest absolute Gasteiger partial charge is 0.432 e. The van der Waals surface area contributed by atoms with Crippen LogP contribution in [0.5, 0.6) is 0 Å². The molecule has 0 saturated heterocycles. The second-order valence-corrected chi connectivity index (χ2v) is 10.0. The molecule has 0 aliphatic carbocycles. The zero-order chi connectivity index (χ0) is 24.8. The number of Topliss-reactive ketones (excluding diaryl/α,β-unsaturated/α-hetero) is 1. The fourth-order valence-electron chi connectivity index (χ4n) is 3.70. The van der Waals surface area contributed by atoms with E-state index in [9.17, 15) is 9.59 Å². The molecule has 0 aliphatic rings. The molecule has 0 bridgehead atoms. The Labute approximate surface area is 208 Å². The molecule has 2 heterocycles. The number of anilines is 1. The first-order valence-corrected chi connectivity index (χ1v) is 11.5. The third kappa shape index (κ3) is 4.33. The third-order valence-electron chi connectivity index (χ3n) is 5.64. The Balaban J connectivity index is 2.11. The maximum atomic E-state index is 13.3. The number of aromatic nitrogens is 1. The van der Waals surface area contributed by atoms with E-state index in [1.807, 2.05) is 57.2 Å². The second kappa shape index (κ2) is 8.90. The molecular formula is C27H24Cl2N2O3. The van der Waals surface area contributed by atoms with Crippen molar-refractivity contribution in [2.45, 2.75) is 27.7 Å². The van der Waals surface area contributed by atoms with Crippen molar-refractivity contribution in [2.75, 3.05) is 11.9 Å². The van der Waals surface area contributed by atoms with Crippen molar-refractivity contribution in [1.82, 2.24) is 4.98 Å². The van der Waals surface area contributed by atoms with Crippen LogP contribution in [0, 0.1) is 5.41 Å². The summed E-state index contributed by atoms with van der Waals surface area (Å²) in [4.78, 5) is 31.9. The van der Waals surface area contributed by atoms with Crippen LogP contribution in [0.3, 0.4) is 0 Å². The number of fused-ring (bicyclic) bond motifs is 1. The molecule has 7 heteroatoms. The van der Waals surface area contributed by atoms with Crippen LogP contribution in [-0.2, 0) is 4.79 Å². The fourth-order valence-corrected chi connectivity index (χ4v) is 4.06. The number of hydrogen-bond acceptors (Lipinski definition) is 4. The maximum Gasteiger partial charge on any atom is 0.229 e. The van der Waals surface area contributed by atoms with E-state index in [4.69, 9.17) is 32.6 Å². The van der Waals surface area contributed by atoms with Gasteiger partial charge in [-0.3, -0.25) is 9.59 Å². The van der Waals surface area contributed by atoms with E-state index in [1.54, 1.807) is 25.2 Å². The molecule has 0 atom stereocenters. The van der Waals surface area contributed by atoms with Gasteiger partial charge in [0.15, 0.2) is 5.76 Å². The molecule has 2 aromatic heterocycles. The lowest BCUT2D eigenvalue weighted by atomic mass is 9.88. The monoisotopic (exact) mass is 494 g/mol. The molecule has 2 aromatic carbocycles. The number of hydrogen-bond donors (Lipinski definition) is 0. The van der Waals surface area contributed by atoms with Crippen LogP contribution in [0.2, 0.25) is 10.0 Å². The Kier molecular flexibility index (Phi) is 6.28. The summed E-state index contributed by atoms with van der Waals surface area (Å²) in [6.45, 7) is 6.86. The Bertz CT molecular complexity index is 1420. The van der Waals surface area contributed by atoms with E-state index in [-0.39, 0.29) is 23.2 Å². The summed E-state index contributed by atoms with van der Waals surface area (Å²) in [5.74, 6) is -0.346. The van der Waals surface area contributed by atoms with E-state index >= 15 is 0 Å². The minimum Gasteiger partial charge on any atom is -0.432 e. The van der Waals surface area contributed by atoms with Crippen LogP contribution in [0.15, 0.2) is 59.0 Å². The summed E-state index contributed by atoms with van der Waals surface area (Å²) in [5, 5.41) is 1.70. The highest BCUT2D eigenvalue weighted by molar-refractivity contribution is 6.33. The Morgan fingerprint density at radius 2 is 1.62 bits per heavy atom. The first kappa shape index (κ1) is 24.0. The van der Waals surface area contributed by atoms with E-state index in [1.165, 1.54) is 11.8 Å². The van der Waals surface area contributed by atoms with Crippen molar-refractivity contribution >= 4 is 51.7 Å². The Morgan fingerprint density at radius 3 is 2.21 bits per heavy atom. The molecule has 0 saturated carbocycles. The number of furan rings is 1. The van der Waals surface area contributed by atoms with E-state index in [0.717, 1.165) is 16.7 Å². The molecule has 4 rings (SSSR count). The van der Waals surface area contributed by atoms with Crippen LogP contribution < -0.4 is 4.90 Å². The normalized spacial score (nSPS) is 11.6. The van der Waals surface area contributed by atoms with Crippen LogP contribution in [0.1, 0.15) is 38.2 Å². The van der Waals surface area contributed by atoms with Crippen LogP contribution in [-0.4, -0.2) is 23.7 Å². The molecule has 4 aromatic rings. The zero-order valence-electron chi connectivity index (χ0n) is 19.6. The average Bonchev–Trinajstić information content (AvgIpc) is 3.15. The molecule has 34 heavy (non-hydrogen) atoms. The SMILES string of the molecule is CC(=O)N(C)c1c(C(=O)C(C)(C)C)oc2nc(-c3ccccc3Cl)c(-c3ccc(Cl)cc3)cc12. The van der Waals surface area contributed by atoms with Gasteiger partial charge in [-0.15, -0.1) is 0 Å². The first-order valence-electron chi connectivity index (χ1n) is 10.8. The topological polar surface area (TPSA) is 63.4 Å². The van der Waals surface area contributed by atoms with Gasteiger partial charge in [-0.25, -0.2) is 4.98 Å². The number of amides is 1. The zero-order valence-corrected chi connectivity index (χ0v) is 21.1. The Morgan fingerprint density at radius 1 is 0.971 bits per heavy atom. The van der Waals surface area contributed by atoms with Gasteiger partial charge in [0.2, 0.25) is 17.4 Å². The number of nitrogens with zero attached hydrogens (tertiary/aromatic N) is 2. The molecule has 0 N–H and O–H groups in total. The number of carbonyl (C=O) groups is 2. The van der Waals surface area contributed by atoms with E-state index < -0.39 is 5.41 Å². The van der Waals surface area contributed by atoms with Gasteiger partial charge in [0.05, 0.1) is 11.1 Å². The average molecular weight is 495 g/mol. The van der Waals surface area contributed by atoms with Gasteiger partial charge in [-0.2, -0.15) is 0 Å². The lowest BCUT2D eigenvalue weighted by molar-refractivity contribution is -0.116.